The van der Waals surface area contributed by atoms with Crippen molar-refractivity contribution in [3.63, 3.8) is 0 Å². The van der Waals surface area contributed by atoms with Crippen LogP contribution >= 0.6 is 0 Å². The van der Waals surface area contributed by atoms with Gasteiger partial charge >= 0.3 is 17.9 Å². The molecule has 0 aliphatic rings. The highest BCUT2D eigenvalue weighted by atomic mass is 16.6. The molecule has 0 N–H and O–H groups in total. The Kier molecular flexibility index (Phi) is 50.0. The summed E-state index contributed by atoms with van der Waals surface area (Å²) in [6.07, 6.45) is 69.7. The lowest BCUT2D eigenvalue weighted by molar-refractivity contribution is -0.166. The topological polar surface area (TPSA) is 78.9 Å². The summed E-state index contributed by atoms with van der Waals surface area (Å²) in [4.78, 5) is 38.0. The van der Waals surface area contributed by atoms with Crippen molar-refractivity contribution in [2.75, 3.05) is 13.2 Å². The predicted molar refractivity (Wildman–Crippen MR) is 279 cm³/mol. The summed E-state index contributed by atoms with van der Waals surface area (Å²) in [5.41, 5.74) is 0. The van der Waals surface area contributed by atoms with Crippen LogP contribution in [0.3, 0.4) is 0 Å². The van der Waals surface area contributed by atoms with Gasteiger partial charge in [-0.15, -0.1) is 0 Å². The Labute approximate surface area is 400 Å². The van der Waals surface area contributed by atoms with Crippen molar-refractivity contribution in [3.05, 3.63) is 97.2 Å². The van der Waals surface area contributed by atoms with Crippen molar-refractivity contribution in [1.29, 1.82) is 0 Å². The van der Waals surface area contributed by atoms with E-state index < -0.39 is 6.10 Å². The molecule has 1 atom stereocenters. The van der Waals surface area contributed by atoms with Gasteiger partial charge in [0.15, 0.2) is 6.10 Å². The third-order valence-electron chi connectivity index (χ3n) is 11.1. The van der Waals surface area contributed by atoms with E-state index >= 15 is 0 Å². The quantitative estimate of drug-likeness (QED) is 0.0262. The number of hydrogen-bond donors (Lipinski definition) is 0. The minimum atomic E-state index is -0.811. The van der Waals surface area contributed by atoms with E-state index in [2.05, 4.69) is 112 Å². The summed E-state index contributed by atoms with van der Waals surface area (Å²) in [6.45, 7) is 6.42. The molecule has 0 aromatic rings. The van der Waals surface area contributed by atoms with Gasteiger partial charge in [0.1, 0.15) is 13.2 Å². The highest BCUT2D eigenvalue weighted by molar-refractivity contribution is 5.71. The molecule has 370 valence electrons. The number of ether oxygens (including phenoxy) is 3. The van der Waals surface area contributed by atoms with Crippen molar-refractivity contribution < 1.29 is 28.6 Å². The second kappa shape index (κ2) is 52.9. The van der Waals surface area contributed by atoms with Crippen LogP contribution in [-0.4, -0.2) is 37.2 Å². The Morgan fingerprint density at radius 1 is 0.323 bits per heavy atom. The average molecular weight is 903 g/mol. The molecule has 0 aliphatic heterocycles. The van der Waals surface area contributed by atoms with Crippen molar-refractivity contribution in [2.24, 2.45) is 0 Å². The first-order valence-corrected chi connectivity index (χ1v) is 26.7. The average Bonchev–Trinajstić information content (AvgIpc) is 3.30. The lowest BCUT2D eigenvalue weighted by Gasteiger charge is -2.18. The molecule has 6 nitrogen and oxygen atoms in total. The summed E-state index contributed by atoms with van der Waals surface area (Å²) in [6, 6.07) is 0. The summed E-state index contributed by atoms with van der Waals surface area (Å²) < 4.78 is 16.7. The molecule has 0 aromatic heterocycles. The van der Waals surface area contributed by atoms with Crippen molar-refractivity contribution in [1.82, 2.24) is 0 Å². The molecule has 0 saturated heterocycles. The molecule has 1 unspecified atom stereocenters. The molecule has 65 heavy (non-hydrogen) atoms. The number of allylic oxidation sites excluding steroid dienone is 16. The van der Waals surface area contributed by atoms with Crippen LogP contribution < -0.4 is 0 Å². The summed E-state index contributed by atoms with van der Waals surface area (Å²) in [5.74, 6) is -1.00. The zero-order valence-electron chi connectivity index (χ0n) is 42.2. The SMILES string of the molecule is CC/C=C\C/C=C\C/C=C\C/C=C\C/C=C\C/C=C\CCC(=O)OCC(COC(=O)CCCCCCCCCCCCC)OC(=O)CCCCCCCCC/C=C\C/C=C\CCCCC. The molecular weight excluding hydrogens is 805 g/mol. The molecule has 0 rings (SSSR count). The molecule has 0 fully saturated rings. The molecule has 0 aliphatic carbocycles. The van der Waals surface area contributed by atoms with E-state index in [0.29, 0.717) is 19.3 Å². The van der Waals surface area contributed by atoms with Crippen LogP contribution in [0.4, 0.5) is 0 Å². The molecule has 0 aromatic carbocycles. The smallest absolute Gasteiger partial charge is 0.306 e. The Morgan fingerprint density at radius 2 is 0.631 bits per heavy atom. The third kappa shape index (κ3) is 51.2. The minimum absolute atomic E-state index is 0.103. The number of esters is 3. The maximum atomic E-state index is 12.8. The number of hydrogen-bond acceptors (Lipinski definition) is 6. The second-order valence-corrected chi connectivity index (χ2v) is 17.4. The molecule has 0 heterocycles. The lowest BCUT2D eigenvalue weighted by Crippen LogP contribution is -2.30. The van der Waals surface area contributed by atoms with Crippen LogP contribution in [0.5, 0.6) is 0 Å². The van der Waals surface area contributed by atoms with Crippen LogP contribution in [0.15, 0.2) is 97.2 Å². The van der Waals surface area contributed by atoms with Gasteiger partial charge in [0.2, 0.25) is 0 Å². The molecule has 0 spiro atoms. The van der Waals surface area contributed by atoms with Gasteiger partial charge in [-0.2, -0.15) is 0 Å². The maximum absolute atomic E-state index is 12.8. The van der Waals surface area contributed by atoms with E-state index in [1.165, 1.54) is 103 Å². The molecule has 0 radical (unpaired) electrons. The van der Waals surface area contributed by atoms with Gasteiger partial charge in [0, 0.05) is 19.3 Å². The van der Waals surface area contributed by atoms with E-state index in [0.717, 1.165) is 89.9 Å². The first-order valence-electron chi connectivity index (χ1n) is 26.7. The Balaban J connectivity index is 4.49. The fourth-order valence-corrected chi connectivity index (χ4v) is 7.09. The summed E-state index contributed by atoms with van der Waals surface area (Å²) in [5, 5.41) is 0. The van der Waals surface area contributed by atoms with Gasteiger partial charge in [-0.25, -0.2) is 0 Å². The lowest BCUT2D eigenvalue weighted by atomic mass is 10.1. The number of rotatable bonds is 47. The molecular formula is C59H98O6. The van der Waals surface area contributed by atoms with E-state index in [4.69, 9.17) is 14.2 Å². The first kappa shape index (κ1) is 61.3. The monoisotopic (exact) mass is 903 g/mol. The van der Waals surface area contributed by atoms with Gasteiger partial charge in [-0.1, -0.05) is 227 Å². The van der Waals surface area contributed by atoms with Gasteiger partial charge in [0.25, 0.3) is 0 Å². The summed E-state index contributed by atoms with van der Waals surface area (Å²) in [7, 11) is 0. The second-order valence-electron chi connectivity index (χ2n) is 17.4. The Morgan fingerprint density at radius 3 is 1.06 bits per heavy atom. The van der Waals surface area contributed by atoms with E-state index in [1.807, 2.05) is 6.08 Å². The van der Waals surface area contributed by atoms with Crippen LogP contribution in [0.1, 0.15) is 239 Å². The van der Waals surface area contributed by atoms with Gasteiger partial charge in [0.05, 0.1) is 0 Å². The van der Waals surface area contributed by atoms with Gasteiger partial charge in [-0.05, 0) is 89.9 Å². The molecule has 6 heteroatoms. The van der Waals surface area contributed by atoms with Gasteiger partial charge < -0.3 is 14.2 Å². The minimum Gasteiger partial charge on any atom is -0.462 e. The summed E-state index contributed by atoms with van der Waals surface area (Å²) >= 11 is 0. The highest BCUT2D eigenvalue weighted by Gasteiger charge is 2.19. The number of carbonyl (C=O) groups excluding carboxylic acids is 3. The third-order valence-corrected chi connectivity index (χ3v) is 11.1. The first-order chi connectivity index (χ1) is 32.0. The van der Waals surface area contributed by atoms with Crippen LogP contribution in [0, 0.1) is 0 Å². The van der Waals surface area contributed by atoms with Crippen molar-refractivity contribution in [2.45, 2.75) is 245 Å². The maximum Gasteiger partial charge on any atom is 0.306 e. The number of carbonyl (C=O) groups is 3. The molecule has 0 amide bonds. The Bertz CT molecular complexity index is 1310. The Hall–Kier alpha value is -3.67. The molecule has 0 bridgehead atoms. The highest BCUT2D eigenvalue weighted by Crippen LogP contribution is 2.14. The van der Waals surface area contributed by atoms with Crippen LogP contribution in [0.2, 0.25) is 0 Å². The normalized spacial score (nSPS) is 12.8. The number of unbranched alkanes of at least 4 members (excludes halogenated alkanes) is 20. The fourth-order valence-electron chi connectivity index (χ4n) is 7.09. The van der Waals surface area contributed by atoms with Crippen LogP contribution in [0.25, 0.3) is 0 Å². The van der Waals surface area contributed by atoms with E-state index in [1.54, 1.807) is 0 Å². The fraction of sp³-hybridized carbons (Fsp3) is 0.678. The zero-order valence-corrected chi connectivity index (χ0v) is 42.2. The van der Waals surface area contributed by atoms with Gasteiger partial charge in [-0.3, -0.25) is 14.4 Å². The predicted octanol–water partition coefficient (Wildman–Crippen LogP) is 17.8. The zero-order chi connectivity index (χ0) is 47.2. The standard InChI is InChI=1S/C59H98O6/c1-4-7-10-13-16-19-22-24-26-28-29-31-32-34-37-40-43-46-49-52-58(61)64-55-56(54-63-57(60)51-48-45-42-39-36-21-18-15-12-9-6-3)65-59(62)53-50-47-44-41-38-35-33-30-27-25-23-20-17-14-11-8-5-2/h7,10,16-17,19-20,24-27,29,31,34,37,43,46,56H,4-6,8-9,11-15,18,21-23,28,30,32-33,35-36,38-42,44-45,47-55H2,1-3H3/b10-7-,19-16-,20-17-,26-24-,27-25-,31-29-,37-34-,46-43-. The van der Waals surface area contributed by atoms with Crippen LogP contribution in [-0.2, 0) is 28.6 Å². The van der Waals surface area contributed by atoms with E-state index in [9.17, 15) is 14.4 Å². The van der Waals surface area contributed by atoms with E-state index in [-0.39, 0.29) is 37.5 Å². The van der Waals surface area contributed by atoms with Crippen molar-refractivity contribution >= 4 is 17.9 Å². The largest absolute Gasteiger partial charge is 0.462 e. The molecule has 0 saturated carbocycles. The van der Waals surface area contributed by atoms with Crippen molar-refractivity contribution in [3.8, 4) is 0 Å².